The van der Waals surface area contributed by atoms with Crippen LogP contribution >= 0.6 is 12.2 Å². The Morgan fingerprint density at radius 1 is 1.00 bits per heavy atom. The molecular formula is C24H24N4OS. The van der Waals surface area contributed by atoms with Crippen LogP contribution in [0.5, 0.6) is 0 Å². The number of hydrogen-bond acceptors (Lipinski definition) is 2. The minimum absolute atomic E-state index is 0.127. The van der Waals surface area contributed by atoms with Crippen molar-refractivity contribution in [2.75, 3.05) is 16.8 Å². The van der Waals surface area contributed by atoms with E-state index < -0.39 is 0 Å². The first-order chi connectivity index (χ1) is 14.5. The first kappa shape index (κ1) is 19.9. The van der Waals surface area contributed by atoms with E-state index in [-0.39, 0.29) is 5.56 Å². The molecule has 1 N–H and O–H groups in total. The first-order valence-corrected chi connectivity index (χ1v) is 10.3. The molecule has 0 spiro atoms. The molecule has 0 amide bonds. The summed E-state index contributed by atoms with van der Waals surface area (Å²) >= 11 is 5.75. The van der Waals surface area contributed by atoms with E-state index in [2.05, 4.69) is 36.5 Å². The summed E-state index contributed by atoms with van der Waals surface area (Å²) in [6.07, 6.45) is 0. The summed E-state index contributed by atoms with van der Waals surface area (Å²) in [4.78, 5) is 15.2. The molecule has 5 nitrogen and oxygen atoms in total. The van der Waals surface area contributed by atoms with Gasteiger partial charge in [-0.15, -0.1) is 0 Å². The van der Waals surface area contributed by atoms with Gasteiger partial charge in [-0.2, -0.15) is 0 Å². The van der Waals surface area contributed by atoms with Crippen LogP contribution in [-0.2, 0) is 7.05 Å². The summed E-state index contributed by atoms with van der Waals surface area (Å²) in [5.41, 5.74) is 3.02. The van der Waals surface area contributed by atoms with E-state index in [1.165, 1.54) is 0 Å². The van der Waals surface area contributed by atoms with Crippen LogP contribution in [0.15, 0.2) is 77.6 Å². The van der Waals surface area contributed by atoms with Crippen molar-refractivity contribution in [2.45, 2.75) is 13.8 Å². The number of nitrogens with zero attached hydrogens (tertiary/aromatic N) is 3. The molecule has 4 aromatic rings. The van der Waals surface area contributed by atoms with E-state index in [0.717, 1.165) is 27.8 Å². The highest BCUT2D eigenvalue weighted by Gasteiger charge is 2.20. The summed E-state index contributed by atoms with van der Waals surface area (Å²) in [7, 11) is 1.88. The Hall–Kier alpha value is -3.38. The number of rotatable bonds is 4. The molecule has 30 heavy (non-hydrogen) atoms. The number of anilines is 2. The molecule has 0 saturated carbocycles. The topological polar surface area (TPSA) is 42.2 Å². The second-order valence-electron chi connectivity index (χ2n) is 7.11. The summed E-state index contributed by atoms with van der Waals surface area (Å²) < 4.78 is 3.49. The van der Waals surface area contributed by atoms with Gasteiger partial charge in [-0.1, -0.05) is 54.6 Å². The predicted octanol–water partition coefficient (Wildman–Crippen LogP) is 4.86. The molecule has 4 rings (SSSR count). The predicted molar refractivity (Wildman–Crippen MR) is 129 cm³/mol. The maximum Gasteiger partial charge on any atom is 0.295 e. The average molecular weight is 417 g/mol. The molecule has 0 aliphatic heterocycles. The number of aromatic nitrogens is 2. The van der Waals surface area contributed by atoms with Crippen LogP contribution in [0, 0.1) is 6.92 Å². The molecule has 0 bridgehead atoms. The van der Waals surface area contributed by atoms with E-state index in [9.17, 15) is 4.79 Å². The number of para-hydroxylation sites is 1. The molecule has 0 atom stereocenters. The van der Waals surface area contributed by atoms with Gasteiger partial charge in [0, 0.05) is 19.0 Å². The van der Waals surface area contributed by atoms with Crippen LogP contribution in [0.4, 0.5) is 11.4 Å². The van der Waals surface area contributed by atoms with Gasteiger partial charge in [0.2, 0.25) is 0 Å². The highest BCUT2D eigenvalue weighted by atomic mass is 32.1. The smallest absolute Gasteiger partial charge is 0.295 e. The van der Waals surface area contributed by atoms with Gasteiger partial charge in [-0.05, 0) is 49.7 Å². The quantitative estimate of drug-likeness (QED) is 0.483. The molecule has 3 aromatic carbocycles. The van der Waals surface area contributed by atoms with Crippen molar-refractivity contribution in [3.63, 3.8) is 0 Å². The van der Waals surface area contributed by atoms with Gasteiger partial charge >= 0.3 is 0 Å². The minimum atomic E-state index is -0.127. The molecule has 0 radical (unpaired) electrons. The second kappa shape index (κ2) is 8.16. The maximum atomic E-state index is 13.2. The lowest BCUT2D eigenvalue weighted by molar-refractivity contribution is 0.630. The minimum Gasteiger partial charge on any atom is -0.326 e. The van der Waals surface area contributed by atoms with Gasteiger partial charge in [0.05, 0.1) is 17.1 Å². The van der Waals surface area contributed by atoms with E-state index in [0.29, 0.717) is 17.3 Å². The molecule has 0 unspecified atom stereocenters. The van der Waals surface area contributed by atoms with Gasteiger partial charge in [-0.3, -0.25) is 9.48 Å². The molecule has 6 heteroatoms. The fourth-order valence-corrected chi connectivity index (χ4v) is 4.08. The van der Waals surface area contributed by atoms with Crippen molar-refractivity contribution in [1.82, 2.24) is 9.36 Å². The van der Waals surface area contributed by atoms with Crippen LogP contribution in [0.2, 0.25) is 0 Å². The molecular weight excluding hydrogens is 392 g/mol. The Morgan fingerprint density at radius 2 is 1.67 bits per heavy atom. The second-order valence-corrected chi connectivity index (χ2v) is 7.50. The number of hydrogen-bond donors (Lipinski definition) is 1. The lowest BCUT2D eigenvalue weighted by atomic mass is 10.1. The number of benzene rings is 3. The zero-order valence-corrected chi connectivity index (χ0v) is 18.1. The van der Waals surface area contributed by atoms with Gasteiger partial charge in [-0.25, -0.2) is 4.68 Å². The van der Waals surface area contributed by atoms with Crippen LogP contribution in [0.1, 0.15) is 12.6 Å². The van der Waals surface area contributed by atoms with E-state index >= 15 is 0 Å². The number of nitrogens with one attached hydrogen (secondary N) is 1. The third-order valence-electron chi connectivity index (χ3n) is 5.40. The largest absolute Gasteiger partial charge is 0.326 e. The molecule has 0 fully saturated rings. The SMILES string of the molecule is CCN(C(=S)Nc1c(C)n(C)n(-c2ccccc2)c1=O)c1cccc2ccccc12. The molecule has 152 valence electrons. The average Bonchev–Trinajstić information content (AvgIpc) is 2.98. The standard InChI is InChI=1S/C24H24N4OS/c1-4-27(21-16-10-12-18-11-8-9-15-20(18)21)24(30)25-22-17(2)26(3)28(23(22)29)19-13-6-5-7-14-19/h5-16H,4H2,1-3H3,(H,25,30). The van der Waals surface area contributed by atoms with E-state index in [1.54, 1.807) is 4.68 Å². The lowest BCUT2D eigenvalue weighted by Gasteiger charge is -2.25. The number of thiocarbonyl (C=S) groups is 1. The van der Waals surface area contributed by atoms with Crippen molar-refractivity contribution in [3.8, 4) is 5.69 Å². The Bertz CT molecular complexity index is 1270. The molecule has 1 aromatic heterocycles. The summed E-state index contributed by atoms with van der Waals surface area (Å²) in [5, 5.41) is 6.00. The molecule has 0 aliphatic rings. The Kier molecular flexibility index (Phi) is 5.42. The van der Waals surface area contributed by atoms with E-state index in [4.69, 9.17) is 12.2 Å². The zero-order chi connectivity index (χ0) is 21.3. The van der Waals surface area contributed by atoms with Crippen LogP contribution in [0.3, 0.4) is 0 Å². The molecule has 0 saturated heterocycles. The highest BCUT2D eigenvalue weighted by Crippen LogP contribution is 2.27. The Labute approximate surface area is 181 Å². The fourth-order valence-electron chi connectivity index (χ4n) is 3.75. The van der Waals surface area contributed by atoms with Crippen molar-refractivity contribution in [1.29, 1.82) is 0 Å². The third-order valence-corrected chi connectivity index (χ3v) is 5.73. The first-order valence-electron chi connectivity index (χ1n) is 9.93. The van der Waals surface area contributed by atoms with Crippen molar-refractivity contribution < 1.29 is 0 Å². The van der Waals surface area contributed by atoms with Crippen LogP contribution in [-0.4, -0.2) is 21.0 Å². The van der Waals surface area contributed by atoms with Crippen molar-refractivity contribution in [3.05, 3.63) is 88.8 Å². The van der Waals surface area contributed by atoms with Crippen LogP contribution in [0.25, 0.3) is 16.5 Å². The molecule has 0 aliphatic carbocycles. The van der Waals surface area contributed by atoms with Gasteiger partial charge in [0.15, 0.2) is 5.11 Å². The van der Waals surface area contributed by atoms with Crippen molar-refractivity contribution >= 4 is 39.5 Å². The fraction of sp³-hybridized carbons (Fsp3) is 0.167. The lowest BCUT2D eigenvalue weighted by Crippen LogP contribution is -2.36. The van der Waals surface area contributed by atoms with Crippen LogP contribution < -0.4 is 15.8 Å². The van der Waals surface area contributed by atoms with Crippen molar-refractivity contribution in [2.24, 2.45) is 7.05 Å². The zero-order valence-electron chi connectivity index (χ0n) is 17.3. The molecule has 1 heterocycles. The highest BCUT2D eigenvalue weighted by molar-refractivity contribution is 7.80. The van der Waals surface area contributed by atoms with Gasteiger partial charge in [0.25, 0.3) is 5.56 Å². The summed E-state index contributed by atoms with van der Waals surface area (Å²) in [6.45, 7) is 4.65. The summed E-state index contributed by atoms with van der Waals surface area (Å²) in [5.74, 6) is 0. The third kappa shape index (κ3) is 3.39. The summed E-state index contributed by atoms with van der Waals surface area (Å²) in [6, 6.07) is 24.0. The Morgan fingerprint density at radius 3 is 2.40 bits per heavy atom. The van der Waals surface area contributed by atoms with Gasteiger partial charge in [0.1, 0.15) is 5.69 Å². The normalized spacial score (nSPS) is 10.9. The van der Waals surface area contributed by atoms with Gasteiger partial charge < -0.3 is 10.2 Å². The number of fused-ring (bicyclic) bond motifs is 1. The Balaban J connectivity index is 1.72. The van der Waals surface area contributed by atoms with E-state index in [1.807, 2.05) is 72.1 Å². The monoisotopic (exact) mass is 416 g/mol. The maximum absolute atomic E-state index is 13.2.